The number of amides is 1. The second-order valence-corrected chi connectivity index (χ2v) is 3.19. The van der Waals surface area contributed by atoms with E-state index in [2.05, 4.69) is 10.3 Å². The van der Waals surface area contributed by atoms with E-state index < -0.39 is 0 Å². The zero-order valence-electron chi connectivity index (χ0n) is 9.18. The van der Waals surface area contributed by atoms with Gasteiger partial charge in [-0.15, -0.1) is 0 Å². The Morgan fingerprint density at radius 2 is 2.12 bits per heavy atom. The van der Waals surface area contributed by atoms with Crippen molar-refractivity contribution in [3.63, 3.8) is 0 Å². The molecule has 0 aliphatic carbocycles. The Hall–Kier alpha value is -1.94. The van der Waals surface area contributed by atoms with Gasteiger partial charge in [0, 0.05) is 30.2 Å². The highest BCUT2D eigenvalue weighted by Gasteiger charge is 1.97. The predicted molar refractivity (Wildman–Crippen MR) is 66.4 cm³/mol. The average molecular weight is 217 g/mol. The number of hydrogen-bond acceptors (Lipinski definition) is 3. The minimum absolute atomic E-state index is 0.196. The lowest BCUT2D eigenvalue weighted by Crippen LogP contribution is -2.08. The molecule has 0 saturated carbocycles. The van der Waals surface area contributed by atoms with Crippen molar-refractivity contribution in [3.05, 3.63) is 42.1 Å². The fourth-order valence-electron chi connectivity index (χ4n) is 1.12. The van der Waals surface area contributed by atoms with Crippen molar-refractivity contribution in [1.29, 1.82) is 0 Å². The molecule has 0 aliphatic heterocycles. The van der Waals surface area contributed by atoms with Gasteiger partial charge in [0.25, 0.3) is 0 Å². The highest BCUT2D eigenvalue weighted by atomic mass is 16.1. The van der Waals surface area contributed by atoms with Gasteiger partial charge in [-0.05, 0) is 19.1 Å². The molecule has 84 valence electrons. The first-order valence-electron chi connectivity index (χ1n) is 4.99. The van der Waals surface area contributed by atoms with Gasteiger partial charge in [0.2, 0.25) is 5.91 Å². The summed E-state index contributed by atoms with van der Waals surface area (Å²) in [7, 11) is 0. The number of allylic oxidation sites excluding steroid dienone is 1. The Morgan fingerprint density at radius 3 is 2.75 bits per heavy atom. The smallest absolute Gasteiger partial charge is 0.250 e. The molecule has 0 saturated heterocycles. The largest absolute Gasteiger partial charge is 0.326 e. The van der Waals surface area contributed by atoms with Crippen molar-refractivity contribution >= 4 is 17.8 Å². The zero-order valence-corrected chi connectivity index (χ0v) is 9.18. The Bertz CT molecular complexity index is 396. The van der Waals surface area contributed by atoms with Crippen molar-refractivity contribution in [3.8, 4) is 0 Å². The average Bonchev–Trinajstić information content (AvgIpc) is 2.27. The molecule has 3 N–H and O–H groups in total. The summed E-state index contributed by atoms with van der Waals surface area (Å²) in [4.78, 5) is 15.5. The molecule has 0 fully saturated rings. The quantitative estimate of drug-likeness (QED) is 0.593. The molecule has 1 rings (SSSR count). The van der Waals surface area contributed by atoms with E-state index in [0.717, 1.165) is 5.69 Å². The number of nitrogens with two attached hydrogens (primary N) is 1. The maximum Gasteiger partial charge on any atom is 0.250 e. The first-order valence-corrected chi connectivity index (χ1v) is 4.99. The van der Waals surface area contributed by atoms with Gasteiger partial charge in [0.1, 0.15) is 0 Å². The number of para-hydroxylation sites is 1. The van der Waals surface area contributed by atoms with E-state index in [1.54, 1.807) is 13.1 Å². The summed E-state index contributed by atoms with van der Waals surface area (Å²) in [5, 5.41) is 2.73. The molecule has 0 atom stereocenters. The van der Waals surface area contributed by atoms with E-state index in [9.17, 15) is 4.79 Å². The number of benzene rings is 1. The maximum atomic E-state index is 11.5. The molecular formula is C12H15N3O. The number of rotatable bonds is 4. The van der Waals surface area contributed by atoms with Crippen LogP contribution in [0, 0.1) is 0 Å². The van der Waals surface area contributed by atoms with Crippen molar-refractivity contribution < 1.29 is 4.79 Å². The van der Waals surface area contributed by atoms with Gasteiger partial charge >= 0.3 is 0 Å². The van der Waals surface area contributed by atoms with E-state index in [1.807, 2.05) is 30.3 Å². The second kappa shape index (κ2) is 6.53. The summed E-state index contributed by atoms with van der Waals surface area (Å²) >= 11 is 0. The van der Waals surface area contributed by atoms with Crippen LogP contribution in [-0.2, 0) is 4.79 Å². The lowest BCUT2D eigenvalue weighted by Gasteiger charge is -2.01. The van der Waals surface area contributed by atoms with Crippen LogP contribution >= 0.6 is 0 Å². The van der Waals surface area contributed by atoms with Crippen molar-refractivity contribution in [1.82, 2.24) is 0 Å². The highest BCUT2D eigenvalue weighted by molar-refractivity contribution is 5.99. The summed E-state index contributed by atoms with van der Waals surface area (Å²) < 4.78 is 0. The Labute approximate surface area is 94.9 Å². The van der Waals surface area contributed by atoms with Gasteiger partial charge in [-0.2, -0.15) is 0 Å². The van der Waals surface area contributed by atoms with Crippen LogP contribution in [0.3, 0.4) is 0 Å². The van der Waals surface area contributed by atoms with Gasteiger partial charge in [0.05, 0.1) is 0 Å². The highest BCUT2D eigenvalue weighted by Crippen LogP contribution is 2.05. The Morgan fingerprint density at radius 1 is 1.44 bits per heavy atom. The van der Waals surface area contributed by atoms with Crippen LogP contribution < -0.4 is 11.1 Å². The maximum absolute atomic E-state index is 11.5. The third-order valence-corrected chi connectivity index (χ3v) is 1.78. The fraction of sp³-hybridized carbons (Fsp3) is 0.167. The fourth-order valence-corrected chi connectivity index (χ4v) is 1.12. The molecule has 0 radical (unpaired) electrons. The van der Waals surface area contributed by atoms with Gasteiger partial charge in [-0.3, -0.25) is 9.79 Å². The summed E-state index contributed by atoms with van der Waals surface area (Å²) in [5.41, 5.74) is 6.64. The van der Waals surface area contributed by atoms with E-state index in [-0.39, 0.29) is 5.91 Å². The molecule has 1 aromatic rings. The zero-order chi connectivity index (χ0) is 11.8. The van der Waals surface area contributed by atoms with Crippen LogP contribution in [0.4, 0.5) is 5.69 Å². The molecule has 16 heavy (non-hydrogen) atoms. The SMILES string of the molecule is C/C(=C\C(=O)Nc1ccccc1)N=CCN. The van der Waals surface area contributed by atoms with Gasteiger partial charge in [-0.1, -0.05) is 18.2 Å². The Balaban J connectivity index is 2.57. The van der Waals surface area contributed by atoms with Gasteiger partial charge in [-0.25, -0.2) is 0 Å². The van der Waals surface area contributed by atoms with Crippen molar-refractivity contribution in [2.75, 3.05) is 11.9 Å². The van der Waals surface area contributed by atoms with E-state index in [0.29, 0.717) is 12.2 Å². The monoisotopic (exact) mass is 217 g/mol. The summed E-state index contributed by atoms with van der Waals surface area (Å²) in [6.07, 6.45) is 2.99. The number of carbonyl (C=O) groups excluding carboxylic acids is 1. The molecule has 1 aromatic carbocycles. The number of carbonyl (C=O) groups is 1. The van der Waals surface area contributed by atoms with Crippen LogP contribution in [0.5, 0.6) is 0 Å². The lowest BCUT2D eigenvalue weighted by atomic mass is 10.3. The summed E-state index contributed by atoms with van der Waals surface area (Å²) in [6.45, 7) is 2.11. The van der Waals surface area contributed by atoms with E-state index in [4.69, 9.17) is 5.73 Å². The summed E-state index contributed by atoms with van der Waals surface area (Å²) in [5.74, 6) is -0.196. The van der Waals surface area contributed by atoms with Crippen LogP contribution in [0.15, 0.2) is 47.1 Å². The molecule has 0 heterocycles. The topological polar surface area (TPSA) is 67.5 Å². The molecular weight excluding hydrogens is 202 g/mol. The minimum atomic E-state index is -0.196. The molecule has 0 aromatic heterocycles. The number of nitrogens with one attached hydrogen (secondary N) is 1. The van der Waals surface area contributed by atoms with E-state index >= 15 is 0 Å². The number of aliphatic imine (C=N–C) groups is 1. The van der Waals surface area contributed by atoms with Gasteiger partial charge < -0.3 is 11.1 Å². The molecule has 4 nitrogen and oxygen atoms in total. The van der Waals surface area contributed by atoms with Crippen LogP contribution in [0.1, 0.15) is 6.92 Å². The molecule has 0 unspecified atom stereocenters. The van der Waals surface area contributed by atoms with Crippen molar-refractivity contribution in [2.45, 2.75) is 6.92 Å². The Kier molecular flexibility index (Phi) is 4.95. The van der Waals surface area contributed by atoms with Crippen LogP contribution in [0.2, 0.25) is 0 Å². The molecule has 0 aliphatic rings. The van der Waals surface area contributed by atoms with Crippen LogP contribution in [0.25, 0.3) is 0 Å². The number of anilines is 1. The molecule has 0 bridgehead atoms. The first-order chi connectivity index (χ1) is 7.72. The number of nitrogens with zero attached hydrogens (tertiary/aromatic N) is 1. The molecule has 1 amide bonds. The first kappa shape index (κ1) is 12.1. The lowest BCUT2D eigenvalue weighted by molar-refractivity contribution is -0.111. The number of hydrogen-bond donors (Lipinski definition) is 2. The summed E-state index contributed by atoms with van der Waals surface area (Å²) in [6, 6.07) is 9.26. The van der Waals surface area contributed by atoms with Gasteiger partial charge in [0.15, 0.2) is 0 Å². The minimum Gasteiger partial charge on any atom is -0.326 e. The van der Waals surface area contributed by atoms with Crippen molar-refractivity contribution in [2.24, 2.45) is 10.7 Å². The normalized spacial score (nSPS) is 11.8. The second-order valence-electron chi connectivity index (χ2n) is 3.19. The third-order valence-electron chi connectivity index (χ3n) is 1.78. The van der Waals surface area contributed by atoms with Crippen LogP contribution in [-0.4, -0.2) is 18.7 Å². The molecule has 0 spiro atoms. The van der Waals surface area contributed by atoms with E-state index in [1.165, 1.54) is 6.08 Å². The standard InChI is InChI=1S/C12H15N3O/c1-10(14-8-7-13)9-12(16)15-11-5-3-2-4-6-11/h2-6,8-9H,7,13H2,1H3,(H,15,16)/b10-9+,14-8?. The molecule has 4 heteroatoms. The third kappa shape index (κ3) is 4.52. The predicted octanol–water partition coefficient (Wildman–Crippen LogP) is 1.56.